The maximum Gasteiger partial charge on any atom is 0.257 e. The normalized spacial score (nSPS) is 12.5. The van der Waals surface area contributed by atoms with Gasteiger partial charge in [-0.3, -0.25) is 0 Å². The number of nitrogens with two attached hydrogens (primary N) is 1. The van der Waals surface area contributed by atoms with Gasteiger partial charge in [0.05, 0.1) is 5.52 Å². The minimum Gasteiger partial charge on any atom is -0.302 e. The summed E-state index contributed by atoms with van der Waals surface area (Å²) in [5.74, 6) is 0.837. The first-order valence-electron chi connectivity index (χ1n) is 5.88. The van der Waals surface area contributed by atoms with E-state index in [-0.39, 0.29) is 10.9 Å². The van der Waals surface area contributed by atoms with Crippen LogP contribution in [-0.4, -0.2) is 17.8 Å². The van der Waals surface area contributed by atoms with E-state index in [9.17, 15) is 8.42 Å². The molecule has 0 fully saturated rings. The number of hydrogen-bond donors (Lipinski definition) is 1. The minimum absolute atomic E-state index is 0.0474. The minimum atomic E-state index is -3.79. The van der Waals surface area contributed by atoms with Crippen molar-refractivity contribution < 1.29 is 8.42 Å². The molecule has 2 aromatic heterocycles. The molecular formula is C12H17N3O2S. The Hall–Kier alpha value is -1.40. The average molecular weight is 267 g/mol. The van der Waals surface area contributed by atoms with Gasteiger partial charge in [0.25, 0.3) is 10.0 Å². The highest BCUT2D eigenvalue weighted by Gasteiger charge is 2.21. The second-order valence-corrected chi connectivity index (χ2v) is 6.10. The fraction of sp³-hybridized carbons (Fsp3) is 0.417. The summed E-state index contributed by atoms with van der Waals surface area (Å²) < 4.78 is 24.9. The van der Waals surface area contributed by atoms with E-state index in [4.69, 9.17) is 5.14 Å². The van der Waals surface area contributed by atoms with Crippen molar-refractivity contribution in [1.82, 2.24) is 9.38 Å². The van der Waals surface area contributed by atoms with Crippen LogP contribution in [0.15, 0.2) is 23.4 Å². The maximum absolute atomic E-state index is 11.5. The molecule has 0 radical (unpaired) electrons. The predicted octanol–water partition coefficient (Wildman–Crippen LogP) is 1.67. The van der Waals surface area contributed by atoms with Gasteiger partial charge < -0.3 is 4.40 Å². The van der Waals surface area contributed by atoms with Crippen LogP contribution in [0.1, 0.15) is 38.1 Å². The van der Waals surface area contributed by atoms with Crippen LogP contribution in [0.2, 0.25) is 0 Å². The Morgan fingerprint density at radius 3 is 2.56 bits per heavy atom. The maximum atomic E-state index is 11.5. The highest BCUT2D eigenvalue weighted by Crippen LogP contribution is 2.22. The van der Waals surface area contributed by atoms with Crippen molar-refractivity contribution in [2.75, 3.05) is 0 Å². The summed E-state index contributed by atoms with van der Waals surface area (Å²) in [6.45, 7) is 5.99. The van der Waals surface area contributed by atoms with Gasteiger partial charge in [0, 0.05) is 12.1 Å². The number of sulfonamides is 1. The van der Waals surface area contributed by atoms with Gasteiger partial charge >= 0.3 is 0 Å². The van der Waals surface area contributed by atoms with E-state index in [2.05, 4.69) is 4.98 Å². The number of hydrogen-bond acceptors (Lipinski definition) is 3. The van der Waals surface area contributed by atoms with Gasteiger partial charge in [0.15, 0.2) is 5.03 Å². The molecule has 0 aliphatic rings. The lowest BCUT2D eigenvalue weighted by Gasteiger charge is -2.05. The number of aromatic nitrogens is 2. The molecule has 98 valence electrons. The predicted molar refractivity (Wildman–Crippen MR) is 70.0 cm³/mol. The summed E-state index contributed by atoms with van der Waals surface area (Å²) in [4.78, 5) is 4.19. The van der Waals surface area contributed by atoms with Gasteiger partial charge in [0.2, 0.25) is 0 Å². The van der Waals surface area contributed by atoms with Gasteiger partial charge in [-0.2, -0.15) is 0 Å². The van der Waals surface area contributed by atoms with Crippen molar-refractivity contribution in [3.63, 3.8) is 0 Å². The molecule has 0 saturated carbocycles. The molecule has 0 spiro atoms. The van der Waals surface area contributed by atoms with Crippen LogP contribution in [0, 0.1) is 0 Å². The molecule has 0 aliphatic heterocycles. The van der Waals surface area contributed by atoms with Crippen molar-refractivity contribution in [3.8, 4) is 0 Å². The second kappa shape index (κ2) is 4.37. The lowest BCUT2D eigenvalue weighted by atomic mass is 10.2. The van der Waals surface area contributed by atoms with Crippen LogP contribution < -0.4 is 5.14 Å². The van der Waals surface area contributed by atoms with E-state index in [1.165, 1.54) is 0 Å². The zero-order chi connectivity index (χ0) is 13.5. The first-order valence-corrected chi connectivity index (χ1v) is 7.43. The van der Waals surface area contributed by atoms with Crippen molar-refractivity contribution >= 4 is 15.5 Å². The largest absolute Gasteiger partial charge is 0.302 e. The van der Waals surface area contributed by atoms with Crippen LogP contribution in [0.5, 0.6) is 0 Å². The zero-order valence-corrected chi connectivity index (χ0v) is 11.5. The summed E-state index contributed by atoms with van der Waals surface area (Å²) in [5.41, 5.74) is 1.67. The van der Waals surface area contributed by atoms with E-state index < -0.39 is 10.0 Å². The summed E-state index contributed by atoms with van der Waals surface area (Å²) >= 11 is 0. The molecule has 0 aliphatic carbocycles. The first kappa shape index (κ1) is 13.0. The Morgan fingerprint density at radius 1 is 1.39 bits per heavy atom. The third-order valence-electron chi connectivity index (χ3n) is 2.89. The molecule has 5 nitrogen and oxygen atoms in total. The Balaban J connectivity index is 2.85. The highest BCUT2D eigenvalue weighted by atomic mass is 32.2. The topological polar surface area (TPSA) is 77.5 Å². The summed E-state index contributed by atoms with van der Waals surface area (Å²) in [7, 11) is -3.79. The smallest absolute Gasteiger partial charge is 0.257 e. The number of pyridine rings is 1. The van der Waals surface area contributed by atoms with Gasteiger partial charge in [-0.25, -0.2) is 18.5 Å². The molecule has 2 aromatic rings. The first-order chi connectivity index (χ1) is 8.34. The summed E-state index contributed by atoms with van der Waals surface area (Å²) in [5, 5.41) is 5.16. The van der Waals surface area contributed by atoms with Crippen LogP contribution in [0.25, 0.3) is 5.52 Å². The van der Waals surface area contributed by atoms with Gasteiger partial charge in [0.1, 0.15) is 5.82 Å². The molecule has 2 heterocycles. The summed E-state index contributed by atoms with van der Waals surface area (Å²) in [6, 6.07) is 3.66. The van der Waals surface area contributed by atoms with Crippen LogP contribution in [0.3, 0.4) is 0 Å². The van der Waals surface area contributed by atoms with Crippen LogP contribution in [0.4, 0.5) is 0 Å². The molecule has 0 unspecified atom stereocenters. The van der Waals surface area contributed by atoms with Crippen molar-refractivity contribution in [2.45, 2.75) is 38.1 Å². The number of fused-ring (bicyclic) bond motifs is 1. The molecule has 0 atom stereocenters. The third kappa shape index (κ3) is 2.13. The molecule has 2 rings (SSSR count). The molecule has 0 amide bonds. The van der Waals surface area contributed by atoms with Gasteiger partial charge in [-0.15, -0.1) is 0 Å². The fourth-order valence-corrected chi connectivity index (χ4v) is 2.63. The van der Waals surface area contributed by atoms with E-state index >= 15 is 0 Å². The standard InChI is InChI=1S/C12H17N3O2S/c1-4-9-5-6-10-12(18(13,16)17)14-11(8(2)3)15(10)7-9/h5-8H,4H2,1-3H3,(H2,13,16,17). The average Bonchev–Trinajstić information content (AvgIpc) is 2.66. The number of rotatable bonds is 3. The fourth-order valence-electron chi connectivity index (χ4n) is 1.95. The molecular weight excluding hydrogens is 250 g/mol. The molecule has 6 heteroatoms. The quantitative estimate of drug-likeness (QED) is 0.918. The second-order valence-electron chi connectivity index (χ2n) is 4.62. The number of aryl methyl sites for hydroxylation is 1. The van der Waals surface area contributed by atoms with Gasteiger partial charge in [-0.05, 0) is 18.1 Å². The lowest BCUT2D eigenvalue weighted by molar-refractivity contribution is 0.595. The summed E-state index contributed by atoms with van der Waals surface area (Å²) in [6.07, 6.45) is 2.81. The van der Waals surface area contributed by atoms with Crippen LogP contribution >= 0.6 is 0 Å². The third-order valence-corrected chi connectivity index (χ3v) is 3.73. The Kier molecular flexibility index (Phi) is 3.16. The van der Waals surface area contributed by atoms with Crippen LogP contribution in [-0.2, 0) is 16.4 Å². The Bertz CT molecular complexity index is 687. The number of nitrogens with zero attached hydrogens (tertiary/aromatic N) is 2. The molecule has 18 heavy (non-hydrogen) atoms. The van der Waals surface area contributed by atoms with Crippen molar-refractivity contribution in [1.29, 1.82) is 0 Å². The molecule has 0 bridgehead atoms. The SMILES string of the molecule is CCc1ccc2c(S(N)(=O)=O)nc(C(C)C)n2c1. The van der Waals surface area contributed by atoms with Crippen molar-refractivity contribution in [3.05, 3.63) is 29.7 Å². The Morgan fingerprint density at radius 2 is 2.06 bits per heavy atom. The van der Waals surface area contributed by atoms with Crippen molar-refractivity contribution in [2.24, 2.45) is 5.14 Å². The van der Waals surface area contributed by atoms with E-state index in [0.717, 1.165) is 12.0 Å². The monoisotopic (exact) mass is 267 g/mol. The van der Waals surface area contributed by atoms with E-state index in [1.54, 1.807) is 6.07 Å². The lowest BCUT2D eigenvalue weighted by Crippen LogP contribution is -2.13. The molecule has 0 aromatic carbocycles. The van der Waals surface area contributed by atoms with Gasteiger partial charge in [-0.1, -0.05) is 26.8 Å². The Labute approximate surface area is 107 Å². The zero-order valence-electron chi connectivity index (χ0n) is 10.7. The highest BCUT2D eigenvalue weighted by molar-refractivity contribution is 7.89. The van der Waals surface area contributed by atoms with E-state index in [1.807, 2.05) is 37.4 Å². The van der Waals surface area contributed by atoms with E-state index in [0.29, 0.717) is 11.3 Å². The molecule has 2 N–H and O–H groups in total. The number of primary sulfonamides is 1. The molecule has 0 saturated heterocycles. The number of imidazole rings is 1.